The van der Waals surface area contributed by atoms with Crippen LogP contribution in [-0.4, -0.2) is 98.7 Å². The Bertz CT molecular complexity index is 366. The topological polar surface area (TPSA) is 169 Å². The smallest absolute Gasteiger partial charge is 0.220 e. The average molecular weight is 325 g/mol. The van der Waals surface area contributed by atoms with E-state index in [4.69, 9.17) is 14.2 Å². The van der Waals surface area contributed by atoms with Crippen LogP contribution >= 0.6 is 0 Å². The normalized spacial score (nSPS) is 53.5. The molecule has 0 spiro atoms. The third-order valence-electron chi connectivity index (χ3n) is 3.92. The third kappa shape index (κ3) is 3.26. The van der Waals surface area contributed by atoms with Crippen LogP contribution in [0, 0.1) is 0 Å². The van der Waals surface area contributed by atoms with E-state index in [2.05, 4.69) is 0 Å². The summed E-state index contributed by atoms with van der Waals surface area (Å²) in [5, 5.41) is 69.1. The molecule has 0 bridgehead atoms. The lowest BCUT2D eigenvalue weighted by Gasteiger charge is -2.44. The second kappa shape index (κ2) is 7.01. The van der Waals surface area contributed by atoms with Gasteiger partial charge in [-0.25, -0.2) is 0 Å². The lowest BCUT2D eigenvalue weighted by molar-refractivity contribution is -0.358. The second-order valence-electron chi connectivity index (χ2n) is 5.49. The highest BCUT2D eigenvalue weighted by atomic mass is 16.7. The molecule has 0 aromatic rings. The van der Waals surface area contributed by atoms with Crippen molar-refractivity contribution in [1.82, 2.24) is 0 Å². The Hall–Kier alpha value is -0.400. The molecule has 0 aromatic carbocycles. The number of ether oxygens (including phenoxy) is 3. The summed E-state index contributed by atoms with van der Waals surface area (Å²) in [4.78, 5) is 0. The summed E-state index contributed by atoms with van der Waals surface area (Å²) in [6.07, 6.45) is -14.8. The summed E-state index contributed by atoms with van der Waals surface area (Å²) in [7, 11) is 0. The maximum atomic E-state index is 11.4. The van der Waals surface area contributed by atoms with Crippen LogP contribution in [0.3, 0.4) is 0 Å². The van der Waals surface area contributed by atoms with E-state index in [9.17, 15) is 35.7 Å². The predicted molar refractivity (Wildman–Crippen MR) is 65.7 cm³/mol. The van der Waals surface area contributed by atoms with Crippen molar-refractivity contribution in [2.75, 3.05) is 6.61 Å². The molecule has 2 aliphatic rings. The van der Waals surface area contributed by atoms with Gasteiger partial charge in [-0.1, -0.05) is 0 Å². The van der Waals surface area contributed by atoms with Crippen molar-refractivity contribution in [2.24, 2.45) is 0 Å². The van der Waals surface area contributed by atoms with Gasteiger partial charge in [0.25, 0.3) is 0 Å². The van der Waals surface area contributed by atoms with Gasteiger partial charge >= 0.3 is 0 Å². The van der Waals surface area contributed by atoms with Crippen LogP contribution in [0.25, 0.3) is 0 Å². The van der Waals surface area contributed by atoms with E-state index in [1.54, 1.807) is 0 Å². The zero-order valence-electron chi connectivity index (χ0n) is 11.8. The highest BCUT2D eigenvalue weighted by molar-refractivity contribution is 4.92. The van der Waals surface area contributed by atoms with Crippen molar-refractivity contribution in [3.8, 4) is 0 Å². The maximum Gasteiger partial charge on any atom is 0.220 e. The van der Waals surface area contributed by atoms with Gasteiger partial charge in [-0.2, -0.15) is 5.11 Å². The Labute approximate surface area is 126 Å². The molecule has 10 heteroatoms. The quantitative estimate of drug-likeness (QED) is 0.303. The molecule has 10 nitrogen and oxygen atoms in total. The van der Waals surface area contributed by atoms with Gasteiger partial charge in [0.1, 0.15) is 42.7 Å². The fourth-order valence-corrected chi connectivity index (χ4v) is 2.50. The lowest BCUT2D eigenvalue weighted by Crippen LogP contribution is -2.63. The lowest BCUT2D eigenvalue weighted by atomic mass is 9.97. The van der Waals surface area contributed by atoms with Crippen LogP contribution in [0.5, 0.6) is 0 Å². The van der Waals surface area contributed by atoms with Crippen LogP contribution in [0.2, 0.25) is 0 Å². The number of rotatable bonds is 3. The van der Waals surface area contributed by atoms with E-state index in [1.807, 2.05) is 0 Å². The van der Waals surface area contributed by atoms with Crippen molar-refractivity contribution in [3.05, 3.63) is 0 Å². The molecule has 0 amide bonds. The zero-order valence-corrected chi connectivity index (χ0v) is 11.8. The van der Waals surface area contributed by atoms with Gasteiger partial charge in [-0.3, -0.25) is 0 Å². The first-order valence-corrected chi connectivity index (χ1v) is 6.91. The summed E-state index contributed by atoms with van der Waals surface area (Å²) in [5.74, 6) is 0. The van der Waals surface area contributed by atoms with Crippen LogP contribution in [-0.2, 0) is 19.3 Å². The predicted octanol–water partition coefficient (Wildman–Crippen LogP) is -3.93. The zero-order chi connectivity index (χ0) is 16.6. The van der Waals surface area contributed by atoms with Crippen LogP contribution in [0.15, 0.2) is 0 Å². The molecule has 2 rings (SSSR count). The summed E-state index contributed by atoms with van der Waals surface area (Å²) in [5.41, 5.74) is 0. The molecule has 129 valence electrons. The fourth-order valence-electron chi connectivity index (χ4n) is 2.50. The summed E-state index contributed by atoms with van der Waals surface area (Å²) in [6, 6.07) is 0. The Morgan fingerprint density at radius 3 is 2.14 bits per heavy atom. The molecule has 1 radical (unpaired) electrons. The monoisotopic (exact) mass is 325 g/mol. The molecule has 2 aliphatic heterocycles. The average Bonchev–Trinajstić information content (AvgIpc) is 2.50. The molecule has 0 aromatic heterocycles. The number of hydrogen-bond donors (Lipinski definition) is 6. The van der Waals surface area contributed by atoms with Crippen LogP contribution in [0.4, 0.5) is 0 Å². The number of hydrogen-bond acceptors (Lipinski definition) is 9. The molecule has 2 saturated heterocycles. The van der Waals surface area contributed by atoms with Gasteiger partial charge in [0.15, 0.2) is 6.29 Å². The van der Waals surface area contributed by atoms with Gasteiger partial charge in [0.2, 0.25) is 6.29 Å². The van der Waals surface area contributed by atoms with Gasteiger partial charge in [0, 0.05) is 0 Å². The minimum absolute atomic E-state index is 0.670. The van der Waals surface area contributed by atoms with Crippen molar-refractivity contribution >= 4 is 0 Å². The van der Waals surface area contributed by atoms with Crippen molar-refractivity contribution in [1.29, 1.82) is 0 Å². The van der Waals surface area contributed by atoms with E-state index in [-0.39, 0.29) is 0 Å². The highest BCUT2D eigenvalue weighted by Gasteiger charge is 2.49. The largest absolute Gasteiger partial charge is 0.394 e. The van der Waals surface area contributed by atoms with E-state index < -0.39 is 68.0 Å². The first kappa shape index (κ1) is 17.9. The molecule has 22 heavy (non-hydrogen) atoms. The molecular formula is C12H21O10. The SMILES string of the molecule is C[C@H]1O[C@@H](O[C@@H]2[C@@H](O)[C@@H](O)[C@H]([O])O[C@H]2CO)[C@H](O)[C@@H](O)[C@@H]1O. The van der Waals surface area contributed by atoms with Gasteiger partial charge < -0.3 is 44.8 Å². The van der Waals surface area contributed by atoms with Crippen molar-refractivity contribution in [2.45, 2.75) is 68.3 Å². The van der Waals surface area contributed by atoms with E-state index in [0.29, 0.717) is 0 Å². The molecule has 6 N–H and O–H groups in total. The summed E-state index contributed by atoms with van der Waals surface area (Å²) < 4.78 is 15.3. The number of aliphatic hydroxyl groups excluding tert-OH is 6. The number of aliphatic hydroxyl groups is 6. The first-order valence-electron chi connectivity index (χ1n) is 6.91. The van der Waals surface area contributed by atoms with E-state index in [1.165, 1.54) is 6.92 Å². The molecule has 0 aliphatic carbocycles. The standard InChI is InChI=1S/C12H21O10/c1-3-5(14)6(15)9(18)12(20-3)22-10-4(2-13)21-11(19)8(17)7(10)16/h3-18H,2H2,1H3/t3-,4+,5-,6+,7+,8-,9-,10+,11-,12+/m1/s1. The molecule has 0 saturated carbocycles. The van der Waals surface area contributed by atoms with Crippen LogP contribution < -0.4 is 0 Å². The van der Waals surface area contributed by atoms with E-state index >= 15 is 0 Å². The molecule has 0 unspecified atom stereocenters. The molecular weight excluding hydrogens is 304 g/mol. The summed E-state index contributed by atoms with van der Waals surface area (Å²) >= 11 is 0. The Balaban J connectivity index is 2.10. The second-order valence-corrected chi connectivity index (χ2v) is 5.49. The maximum absolute atomic E-state index is 11.4. The van der Waals surface area contributed by atoms with Gasteiger partial charge in [-0.15, -0.1) is 0 Å². The molecule has 10 atom stereocenters. The van der Waals surface area contributed by atoms with Gasteiger partial charge in [0.05, 0.1) is 12.7 Å². The van der Waals surface area contributed by atoms with Crippen molar-refractivity contribution < 1.29 is 50.0 Å². The third-order valence-corrected chi connectivity index (χ3v) is 3.92. The summed E-state index contributed by atoms with van der Waals surface area (Å²) in [6.45, 7) is 0.771. The Kier molecular flexibility index (Phi) is 5.72. The molecule has 2 fully saturated rings. The Morgan fingerprint density at radius 1 is 0.909 bits per heavy atom. The van der Waals surface area contributed by atoms with Gasteiger partial charge in [-0.05, 0) is 6.92 Å². The highest BCUT2D eigenvalue weighted by Crippen LogP contribution is 2.28. The Morgan fingerprint density at radius 2 is 1.55 bits per heavy atom. The fraction of sp³-hybridized carbons (Fsp3) is 1.00. The van der Waals surface area contributed by atoms with Crippen LogP contribution in [0.1, 0.15) is 6.92 Å². The molecule has 2 heterocycles. The minimum atomic E-state index is -1.95. The van der Waals surface area contributed by atoms with Crippen molar-refractivity contribution in [3.63, 3.8) is 0 Å². The minimum Gasteiger partial charge on any atom is -0.394 e. The first-order chi connectivity index (χ1) is 10.3. The van der Waals surface area contributed by atoms with E-state index in [0.717, 1.165) is 0 Å².